The van der Waals surface area contributed by atoms with E-state index in [0.717, 1.165) is 180 Å². The minimum atomic E-state index is -5.00. The van der Waals surface area contributed by atoms with E-state index in [4.69, 9.17) is 37.0 Å². The summed E-state index contributed by atoms with van der Waals surface area (Å²) in [5.41, 5.74) is 0. The molecule has 17 nitrogen and oxygen atoms in total. The van der Waals surface area contributed by atoms with Crippen molar-refractivity contribution in [2.24, 2.45) is 0 Å². The molecule has 0 saturated carbocycles. The summed E-state index contributed by atoms with van der Waals surface area (Å²) >= 11 is 0. The van der Waals surface area contributed by atoms with Crippen LogP contribution in [0.2, 0.25) is 0 Å². The number of carbonyl (C=O) groups excluding carboxylic acids is 4. The number of unbranched alkanes of at least 4 members (excludes halogenated alkanes) is 28. The lowest BCUT2D eigenvalue weighted by molar-refractivity contribution is -0.161. The molecule has 618 valence electrons. The third-order valence-corrected chi connectivity index (χ3v) is 19.2. The maximum absolute atomic E-state index is 13.1. The van der Waals surface area contributed by atoms with Crippen molar-refractivity contribution in [1.29, 1.82) is 0 Å². The van der Waals surface area contributed by atoms with Crippen LogP contribution in [0, 0.1) is 0 Å². The molecule has 0 aromatic heterocycles. The fraction of sp³-hybridized carbons (Fsp3) is 0.685. The molecular weight excluding hydrogens is 1400 g/mol. The summed E-state index contributed by atoms with van der Waals surface area (Å²) in [5.74, 6) is -2.26. The average molecular weight is 1550 g/mol. The van der Waals surface area contributed by atoms with Crippen LogP contribution in [0.25, 0.3) is 0 Å². The molecule has 0 rings (SSSR count). The Labute approximate surface area is 656 Å². The number of carbonyl (C=O) groups is 4. The molecule has 0 aromatic rings. The Hall–Kier alpha value is -5.06. The molecule has 3 N–H and O–H groups in total. The van der Waals surface area contributed by atoms with E-state index in [2.05, 4.69) is 174 Å². The predicted octanol–water partition coefficient (Wildman–Crippen LogP) is 25.0. The van der Waals surface area contributed by atoms with Gasteiger partial charge in [-0.15, -0.1) is 0 Å². The van der Waals surface area contributed by atoms with Crippen molar-refractivity contribution in [3.05, 3.63) is 146 Å². The first kappa shape index (κ1) is 103. The number of allylic oxidation sites excluding steroid dienone is 24. The van der Waals surface area contributed by atoms with Gasteiger partial charge in [-0.3, -0.25) is 37.3 Å². The second kappa shape index (κ2) is 80.0. The number of aliphatic hydroxyl groups is 1. The van der Waals surface area contributed by atoms with E-state index >= 15 is 0 Å². The lowest BCUT2D eigenvalue weighted by atomic mass is 10.1. The van der Waals surface area contributed by atoms with Gasteiger partial charge in [0.05, 0.1) is 26.4 Å². The number of phosphoric ester groups is 2. The van der Waals surface area contributed by atoms with Gasteiger partial charge >= 0.3 is 39.5 Å². The first-order chi connectivity index (χ1) is 52.7. The van der Waals surface area contributed by atoms with Gasteiger partial charge in [0.2, 0.25) is 0 Å². The monoisotopic (exact) mass is 1550 g/mol. The van der Waals surface area contributed by atoms with Gasteiger partial charge in [0, 0.05) is 25.7 Å². The Bertz CT molecular complexity index is 2610. The zero-order valence-electron chi connectivity index (χ0n) is 67.7. The lowest BCUT2D eigenvalue weighted by Crippen LogP contribution is -2.30. The predicted molar refractivity (Wildman–Crippen MR) is 445 cm³/mol. The Balaban J connectivity index is 5.46. The van der Waals surface area contributed by atoms with Crippen LogP contribution in [0.15, 0.2) is 146 Å². The Morgan fingerprint density at radius 1 is 0.269 bits per heavy atom. The molecule has 0 saturated heterocycles. The van der Waals surface area contributed by atoms with Crippen LogP contribution in [0.3, 0.4) is 0 Å². The number of hydrogen-bond donors (Lipinski definition) is 3. The van der Waals surface area contributed by atoms with E-state index in [1.54, 1.807) is 0 Å². The number of hydrogen-bond acceptors (Lipinski definition) is 15. The van der Waals surface area contributed by atoms with Gasteiger partial charge in [-0.25, -0.2) is 9.13 Å². The number of phosphoric acid groups is 2. The highest BCUT2D eigenvalue weighted by Gasteiger charge is 2.30. The van der Waals surface area contributed by atoms with Gasteiger partial charge < -0.3 is 33.8 Å². The normalized spacial score (nSPS) is 14.5. The molecular formula is C89H150O17P2. The van der Waals surface area contributed by atoms with E-state index in [9.17, 15) is 43.2 Å². The summed E-state index contributed by atoms with van der Waals surface area (Å²) in [6.45, 7) is 4.57. The molecule has 2 unspecified atom stereocenters. The van der Waals surface area contributed by atoms with Crippen molar-refractivity contribution in [2.45, 2.75) is 354 Å². The smallest absolute Gasteiger partial charge is 0.462 e. The molecule has 0 radical (unpaired) electrons. The maximum atomic E-state index is 13.1. The highest BCUT2D eigenvalue weighted by Crippen LogP contribution is 2.45. The van der Waals surface area contributed by atoms with E-state index in [1.165, 1.54) is 77.0 Å². The Morgan fingerprint density at radius 3 is 0.769 bits per heavy atom. The van der Waals surface area contributed by atoms with Gasteiger partial charge in [0.1, 0.15) is 19.3 Å². The fourth-order valence-corrected chi connectivity index (χ4v) is 12.5. The minimum Gasteiger partial charge on any atom is -0.462 e. The topological polar surface area (TPSA) is 237 Å². The zero-order valence-corrected chi connectivity index (χ0v) is 69.5. The molecule has 5 atom stereocenters. The molecule has 0 heterocycles. The van der Waals surface area contributed by atoms with Crippen LogP contribution in [0.1, 0.15) is 336 Å². The van der Waals surface area contributed by atoms with E-state index in [0.29, 0.717) is 25.7 Å². The van der Waals surface area contributed by atoms with Crippen LogP contribution in [-0.4, -0.2) is 96.7 Å². The third-order valence-electron chi connectivity index (χ3n) is 17.3. The highest BCUT2D eigenvalue weighted by atomic mass is 31.2. The molecule has 19 heteroatoms. The number of aliphatic hydroxyl groups excluding tert-OH is 1. The summed E-state index contributed by atoms with van der Waals surface area (Å²) in [4.78, 5) is 73.2. The molecule has 0 spiro atoms. The quantitative estimate of drug-likeness (QED) is 0.0169. The molecule has 0 aromatic carbocycles. The molecule has 108 heavy (non-hydrogen) atoms. The van der Waals surface area contributed by atoms with Crippen LogP contribution >= 0.6 is 15.6 Å². The first-order valence-electron chi connectivity index (χ1n) is 42.1. The standard InChI is InChI=1S/C89H150O17P2/c1-5-9-13-17-21-25-29-33-37-39-41-43-47-50-54-58-62-66-70-74-87(92)100-80-85(106-89(94)76-72-68-64-60-56-52-48-44-42-40-38-34-30-26-22-18-14-10-6-2)82-104-108(97,98)102-78-83(90)77-101-107(95,96)103-81-84(105-88(93)75-71-67-63-59-55-51-46-36-32-28-24-20-16-12-8-4)79-99-86(91)73-69-65-61-57-53-49-45-35-31-27-23-19-15-11-7-3/h9-10,13-14,21-22,25-27,31,33-34,36-38,41-44,46,50,52,54,56,83-85,90H,5-8,11-12,15-20,23-24,28-30,32,35,39-40,45,47-49,51,53,55,57-82H2,1-4H3,(H,95,96)(H,97,98)/b13-9-,14-10-,25-21-,26-22-,31-27-,37-33-,38-34-,43-41-,44-42-,46-36-,54-50-,56-52-/t83-,84+,85+/m0/s1. The summed E-state index contributed by atoms with van der Waals surface area (Å²) in [5, 5.41) is 10.7. The van der Waals surface area contributed by atoms with Crippen LogP contribution < -0.4 is 0 Å². The maximum Gasteiger partial charge on any atom is 0.472 e. The molecule has 0 aliphatic heterocycles. The van der Waals surface area contributed by atoms with Gasteiger partial charge in [-0.05, 0) is 167 Å². The van der Waals surface area contributed by atoms with Gasteiger partial charge in [0.25, 0.3) is 0 Å². The van der Waals surface area contributed by atoms with Crippen LogP contribution in [-0.2, 0) is 65.4 Å². The fourth-order valence-electron chi connectivity index (χ4n) is 10.9. The number of esters is 4. The summed E-state index contributed by atoms with van der Waals surface area (Å²) in [7, 11) is -9.99. The Morgan fingerprint density at radius 2 is 0.481 bits per heavy atom. The SMILES string of the molecule is CC/C=C\C/C=C\C/C=C\C/C=C\C/C=C\CCCCCC(=O)OC[C@H](COP(=O)(O)OC[C@@H](O)COP(=O)(O)OC[C@@H](COC(=O)CCCCCCCCC/C=C\CCCCCC)OC(=O)CCCCCCC/C=C\CCCCCCCC)OC(=O)CCCCC/C=C\C/C=C\C/C=C\C/C=C\C/C=C\CC. The van der Waals surface area contributed by atoms with Crippen LogP contribution in [0.4, 0.5) is 0 Å². The van der Waals surface area contributed by atoms with Crippen LogP contribution in [0.5, 0.6) is 0 Å². The number of rotatable bonds is 78. The molecule has 0 amide bonds. The van der Waals surface area contributed by atoms with E-state index in [-0.39, 0.29) is 25.7 Å². The molecule has 0 aliphatic rings. The summed E-state index contributed by atoms with van der Waals surface area (Å²) in [6.07, 6.45) is 92.4. The van der Waals surface area contributed by atoms with E-state index < -0.39 is 97.5 Å². The second-order valence-corrected chi connectivity index (χ2v) is 30.6. The summed E-state index contributed by atoms with van der Waals surface area (Å²) in [6, 6.07) is 0. The number of ether oxygens (including phenoxy) is 4. The summed E-state index contributed by atoms with van der Waals surface area (Å²) < 4.78 is 68.7. The van der Waals surface area contributed by atoms with Crippen molar-refractivity contribution in [2.75, 3.05) is 39.6 Å². The van der Waals surface area contributed by atoms with Crippen molar-refractivity contribution in [1.82, 2.24) is 0 Å². The average Bonchev–Trinajstić information content (AvgIpc) is 0.896. The van der Waals surface area contributed by atoms with Crippen molar-refractivity contribution in [3.63, 3.8) is 0 Å². The molecule has 0 bridgehead atoms. The van der Waals surface area contributed by atoms with Gasteiger partial charge in [-0.2, -0.15) is 0 Å². The Kier molecular flexibility index (Phi) is 76.3. The zero-order chi connectivity index (χ0) is 78.9. The van der Waals surface area contributed by atoms with Crippen molar-refractivity contribution >= 4 is 39.5 Å². The highest BCUT2D eigenvalue weighted by molar-refractivity contribution is 7.47. The first-order valence-corrected chi connectivity index (χ1v) is 45.1. The van der Waals surface area contributed by atoms with E-state index in [1.807, 2.05) is 0 Å². The molecule has 0 aliphatic carbocycles. The lowest BCUT2D eigenvalue weighted by Gasteiger charge is -2.21. The molecule has 0 fully saturated rings. The third kappa shape index (κ3) is 79.0. The minimum absolute atomic E-state index is 0.0434. The van der Waals surface area contributed by atoms with Crippen molar-refractivity contribution in [3.8, 4) is 0 Å². The second-order valence-electron chi connectivity index (χ2n) is 27.6. The van der Waals surface area contributed by atoms with Gasteiger partial charge in [-0.1, -0.05) is 289 Å². The largest absolute Gasteiger partial charge is 0.472 e. The van der Waals surface area contributed by atoms with Crippen molar-refractivity contribution < 1.29 is 80.2 Å². The van der Waals surface area contributed by atoms with Gasteiger partial charge in [0.15, 0.2) is 12.2 Å².